The van der Waals surface area contributed by atoms with Crippen LogP contribution in [0.1, 0.15) is 18.4 Å². The Morgan fingerprint density at radius 3 is 2.84 bits per heavy atom. The van der Waals surface area contributed by atoms with Crippen molar-refractivity contribution in [3.8, 4) is 0 Å². The van der Waals surface area contributed by atoms with E-state index >= 15 is 0 Å². The van der Waals surface area contributed by atoms with E-state index < -0.39 is 5.41 Å². The molecule has 3 N–H and O–H groups in total. The van der Waals surface area contributed by atoms with Crippen LogP contribution in [-0.2, 0) is 9.53 Å². The largest absolute Gasteiger partial charge is 0.381 e. The zero-order chi connectivity index (χ0) is 13.9. The van der Waals surface area contributed by atoms with Crippen molar-refractivity contribution < 1.29 is 9.53 Å². The number of hydrogen-bond donors (Lipinski definition) is 2. The number of halogens is 1. The van der Waals surface area contributed by atoms with Crippen molar-refractivity contribution in [1.82, 2.24) is 4.98 Å². The lowest BCUT2D eigenvalue weighted by atomic mass is 9.79. The second-order valence-corrected chi connectivity index (χ2v) is 5.63. The van der Waals surface area contributed by atoms with Crippen molar-refractivity contribution in [2.75, 3.05) is 25.1 Å². The average Bonchev–Trinajstić information content (AvgIpc) is 2.43. The number of carbonyl (C=O) groups is 1. The molecule has 0 unspecified atom stereocenters. The number of ether oxygens (including phenoxy) is 1. The van der Waals surface area contributed by atoms with Crippen molar-refractivity contribution in [2.45, 2.75) is 19.8 Å². The lowest BCUT2D eigenvalue weighted by Crippen LogP contribution is -2.46. The van der Waals surface area contributed by atoms with E-state index in [4.69, 9.17) is 10.5 Å². The van der Waals surface area contributed by atoms with Gasteiger partial charge >= 0.3 is 0 Å². The van der Waals surface area contributed by atoms with Crippen molar-refractivity contribution in [3.63, 3.8) is 0 Å². The number of carbonyl (C=O) groups excluding carboxylic acids is 1. The van der Waals surface area contributed by atoms with E-state index in [0.29, 0.717) is 38.3 Å². The first-order valence-corrected chi connectivity index (χ1v) is 7.08. The number of nitrogens with zero attached hydrogens (tertiary/aromatic N) is 1. The van der Waals surface area contributed by atoms with Crippen molar-refractivity contribution in [1.29, 1.82) is 0 Å². The highest BCUT2D eigenvalue weighted by Crippen LogP contribution is 2.31. The quantitative estimate of drug-likeness (QED) is 0.830. The number of amides is 1. The molecule has 0 saturated carbocycles. The van der Waals surface area contributed by atoms with Crippen LogP contribution in [0.15, 0.2) is 16.9 Å². The molecule has 0 aliphatic carbocycles. The molecule has 0 radical (unpaired) electrons. The van der Waals surface area contributed by atoms with E-state index in [-0.39, 0.29) is 5.91 Å². The van der Waals surface area contributed by atoms with E-state index in [2.05, 4.69) is 26.2 Å². The van der Waals surface area contributed by atoms with Gasteiger partial charge in [0.05, 0.1) is 17.3 Å². The minimum Gasteiger partial charge on any atom is -0.381 e. The van der Waals surface area contributed by atoms with Crippen LogP contribution in [-0.4, -0.2) is 30.6 Å². The fourth-order valence-corrected chi connectivity index (χ4v) is 2.39. The number of nitrogens with one attached hydrogen (secondary N) is 1. The molecule has 1 fully saturated rings. The minimum atomic E-state index is -0.515. The molecule has 0 aromatic carbocycles. The SMILES string of the molecule is Cc1cc(NC(=O)C2(CN)CCOCC2)cnc1Br. The summed E-state index contributed by atoms with van der Waals surface area (Å²) < 4.78 is 6.09. The molecular weight excluding hydrogens is 310 g/mol. The molecule has 19 heavy (non-hydrogen) atoms. The molecule has 2 rings (SSSR count). The van der Waals surface area contributed by atoms with Gasteiger partial charge < -0.3 is 15.8 Å². The Labute approximate surface area is 121 Å². The molecule has 1 aromatic rings. The second kappa shape index (κ2) is 5.98. The lowest BCUT2D eigenvalue weighted by Gasteiger charge is -2.34. The Kier molecular flexibility index (Phi) is 4.54. The molecule has 1 amide bonds. The van der Waals surface area contributed by atoms with E-state index in [9.17, 15) is 4.79 Å². The summed E-state index contributed by atoms with van der Waals surface area (Å²) in [5, 5.41) is 2.91. The minimum absolute atomic E-state index is 0.0400. The third kappa shape index (κ3) is 3.13. The van der Waals surface area contributed by atoms with Crippen LogP contribution in [0.5, 0.6) is 0 Å². The maximum absolute atomic E-state index is 12.4. The third-order valence-electron chi connectivity index (χ3n) is 3.59. The fraction of sp³-hybridized carbons (Fsp3) is 0.538. The predicted molar refractivity (Wildman–Crippen MR) is 76.8 cm³/mol. The van der Waals surface area contributed by atoms with E-state index in [1.54, 1.807) is 6.20 Å². The molecule has 1 aliphatic rings. The molecule has 0 bridgehead atoms. The van der Waals surface area contributed by atoms with Crippen LogP contribution >= 0.6 is 15.9 Å². The molecule has 6 heteroatoms. The maximum atomic E-state index is 12.4. The summed E-state index contributed by atoms with van der Waals surface area (Å²) in [6, 6.07) is 1.89. The molecule has 0 atom stereocenters. The Morgan fingerprint density at radius 1 is 1.58 bits per heavy atom. The summed E-state index contributed by atoms with van der Waals surface area (Å²) >= 11 is 3.34. The first kappa shape index (κ1) is 14.4. The van der Waals surface area contributed by atoms with Gasteiger partial charge in [-0.25, -0.2) is 4.98 Å². The van der Waals surface area contributed by atoms with Crippen LogP contribution in [0.2, 0.25) is 0 Å². The number of nitrogens with two attached hydrogens (primary N) is 1. The van der Waals surface area contributed by atoms with E-state index in [0.717, 1.165) is 10.2 Å². The van der Waals surface area contributed by atoms with Crippen LogP contribution < -0.4 is 11.1 Å². The third-order valence-corrected chi connectivity index (χ3v) is 4.42. The molecule has 1 saturated heterocycles. The summed E-state index contributed by atoms with van der Waals surface area (Å²) in [5.74, 6) is -0.0400. The van der Waals surface area contributed by atoms with E-state index in [1.807, 2.05) is 13.0 Å². The number of rotatable bonds is 3. The molecule has 2 heterocycles. The zero-order valence-corrected chi connectivity index (χ0v) is 12.5. The Balaban J connectivity index is 2.12. The first-order valence-electron chi connectivity index (χ1n) is 6.29. The summed E-state index contributed by atoms with van der Waals surface area (Å²) in [5.41, 5.74) is 6.97. The molecule has 5 nitrogen and oxygen atoms in total. The normalized spacial score (nSPS) is 18.1. The number of pyridine rings is 1. The van der Waals surface area contributed by atoms with Gasteiger partial charge in [-0.2, -0.15) is 0 Å². The molecule has 104 valence electrons. The van der Waals surface area contributed by atoms with Crippen LogP contribution in [0.3, 0.4) is 0 Å². The van der Waals surface area contributed by atoms with Crippen molar-refractivity contribution >= 4 is 27.5 Å². The topological polar surface area (TPSA) is 77.2 Å². The van der Waals surface area contributed by atoms with Gasteiger partial charge in [0, 0.05) is 19.8 Å². The van der Waals surface area contributed by atoms with Gasteiger partial charge in [-0.15, -0.1) is 0 Å². The van der Waals surface area contributed by atoms with Crippen LogP contribution in [0, 0.1) is 12.3 Å². The standard InChI is InChI=1S/C13H18BrN3O2/c1-9-6-10(7-16-11(9)14)17-12(18)13(8-15)2-4-19-5-3-13/h6-7H,2-5,8,15H2,1H3,(H,17,18). The van der Waals surface area contributed by atoms with Gasteiger partial charge in [-0.05, 0) is 47.3 Å². The summed E-state index contributed by atoms with van der Waals surface area (Å²) in [7, 11) is 0. The Bertz CT molecular complexity index is 473. The van der Waals surface area contributed by atoms with Gasteiger partial charge in [-0.3, -0.25) is 4.79 Å². The lowest BCUT2D eigenvalue weighted by molar-refractivity contribution is -0.130. The zero-order valence-electron chi connectivity index (χ0n) is 10.9. The average molecular weight is 328 g/mol. The highest BCUT2D eigenvalue weighted by atomic mass is 79.9. The highest BCUT2D eigenvalue weighted by Gasteiger charge is 2.38. The molecule has 1 aliphatic heterocycles. The van der Waals surface area contributed by atoms with Gasteiger partial charge in [-0.1, -0.05) is 0 Å². The highest BCUT2D eigenvalue weighted by molar-refractivity contribution is 9.10. The smallest absolute Gasteiger partial charge is 0.232 e. The van der Waals surface area contributed by atoms with Gasteiger partial charge in [0.25, 0.3) is 0 Å². The Morgan fingerprint density at radius 2 is 2.26 bits per heavy atom. The number of anilines is 1. The number of aryl methyl sites for hydroxylation is 1. The van der Waals surface area contributed by atoms with Gasteiger partial charge in [0.15, 0.2) is 0 Å². The van der Waals surface area contributed by atoms with Gasteiger partial charge in [0.1, 0.15) is 4.60 Å². The van der Waals surface area contributed by atoms with E-state index in [1.165, 1.54) is 0 Å². The first-order chi connectivity index (χ1) is 9.07. The van der Waals surface area contributed by atoms with Crippen molar-refractivity contribution in [3.05, 3.63) is 22.4 Å². The number of hydrogen-bond acceptors (Lipinski definition) is 4. The Hall–Kier alpha value is -0.980. The van der Waals surface area contributed by atoms with Crippen LogP contribution in [0.4, 0.5) is 5.69 Å². The van der Waals surface area contributed by atoms with Gasteiger partial charge in [0.2, 0.25) is 5.91 Å². The monoisotopic (exact) mass is 327 g/mol. The molecule has 1 aromatic heterocycles. The van der Waals surface area contributed by atoms with Crippen LogP contribution in [0.25, 0.3) is 0 Å². The van der Waals surface area contributed by atoms with Crippen molar-refractivity contribution in [2.24, 2.45) is 11.1 Å². The molecular formula is C13H18BrN3O2. The summed E-state index contributed by atoms with van der Waals surface area (Å²) in [6.07, 6.45) is 2.97. The number of aromatic nitrogens is 1. The molecule has 0 spiro atoms. The summed E-state index contributed by atoms with van der Waals surface area (Å²) in [6.45, 7) is 3.44. The second-order valence-electron chi connectivity index (χ2n) is 4.88. The fourth-order valence-electron chi connectivity index (χ4n) is 2.18. The summed E-state index contributed by atoms with van der Waals surface area (Å²) in [4.78, 5) is 16.6. The predicted octanol–water partition coefficient (Wildman–Crippen LogP) is 1.85. The maximum Gasteiger partial charge on any atom is 0.232 e.